The molecule has 0 fully saturated rings. The van der Waals surface area contributed by atoms with Gasteiger partial charge in [0.25, 0.3) is 0 Å². The van der Waals surface area contributed by atoms with E-state index in [9.17, 15) is 0 Å². The number of fused-ring (bicyclic) bond motifs is 5. The monoisotopic (exact) mass is 712 g/mol. The van der Waals surface area contributed by atoms with Crippen LogP contribution in [0, 0.1) is 0 Å². The van der Waals surface area contributed by atoms with Crippen molar-refractivity contribution in [2.45, 2.75) is 58.8 Å². The number of nitrogens with zero attached hydrogens (tertiary/aromatic N) is 2. The van der Waals surface area contributed by atoms with E-state index < -0.39 is 0 Å². The number of hydrogen-bond donors (Lipinski definition) is 0. The molecule has 8 aromatic carbocycles. The highest BCUT2D eigenvalue weighted by Crippen LogP contribution is 2.56. The molecule has 2 heteroatoms. The molecular formula is C53H48N2. The molecule has 0 saturated heterocycles. The van der Waals surface area contributed by atoms with Crippen molar-refractivity contribution in [1.29, 1.82) is 0 Å². The van der Waals surface area contributed by atoms with Gasteiger partial charge in [-0.1, -0.05) is 137 Å². The van der Waals surface area contributed by atoms with Gasteiger partial charge in [-0.3, -0.25) is 0 Å². The summed E-state index contributed by atoms with van der Waals surface area (Å²) in [6.45, 7) is 9.23. The fourth-order valence-corrected chi connectivity index (χ4v) is 9.25. The molecule has 0 unspecified atom stereocenters. The smallest absolute Gasteiger partial charge is 0.0540 e. The molecule has 0 N–H and O–H groups in total. The Morgan fingerprint density at radius 2 is 0.782 bits per heavy atom. The third kappa shape index (κ3) is 5.79. The fourth-order valence-electron chi connectivity index (χ4n) is 9.25. The molecule has 0 saturated carbocycles. The summed E-state index contributed by atoms with van der Waals surface area (Å²) in [7, 11) is 0. The summed E-state index contributed by atoms with van der Waals surface area (Å²) in [6, 6.07) is 63.5. The van der Waals surface area contributed by atoms with Gasteiger partial charge in [0.15, 0.2) is 0 Å². The summed E-state index contributed by atoms with van der Waals surface area (Å²) in [6.07, 6.45) is 4.00. The van der Waals surface area contributed by atoms with Crippen molar-refractivity contribution in [3.8, 4) is 11.1 Å². The van der Waals surface area contributed by atoms with Gasteiger partial charge in [-0.2, -0.15) is 0 Å². The molecule has 0 aliphatic heterocycles. The fraction of sp³-hybridized carbons (Fsp3) is 0.170. The Kier molecular flexibility index (Phi) is 8.98. The summed E-state index contributed by atoms with van der Waals surface area (Å²) >= 11 is 0. The zero-order valence-corrected chi connectivity index (χ0v) is 32.4. The molecule has 2 nitrogen and oxygen atoms in total. The maximum absolute atomic E-state index is 2.51. The predicted molar refractivity (Wildman–Crippen MR) is 236 cm³/mol. The molecule has 55 heavy (non-hydrogen) atoms. The molecule has 0 aromatic heterocycles. The zero-order valence-electron chi connectivity index (χ0n) is 32.4. The summed E-state index contributed by atoms with van der Waals surface area (Å²) < 4.78 is 0. The first-order valence-corrected chi connectivity index (χ1v) is 20.1. The Morgan fingerprint density at radius 1 is 0.382 bits per heavy atom. The van der Waals surface area contributed by atoms with Gasteiger partial charge in [-0.05, 0) is 131 Å². The van der Waals surface area contributed by atoms with Crippen LogP contribution in [0.4, 0.5) is 34.1 Å². The molecule has 8 aromatic rings. The largest absolute Gasteiger partial charge is 0.310 e. The van der Waals surface area contributed by atoms with Crippen LogP contribution in [0.5, 0.6) is 0 Å². The number of aryl methyl sites for hydroxylation is 2. The molecule has 0 bridgehead atoms. The van der Waals surface area contributed by atoms with Crippen LogP contribution >= 0.6 is 0 Å². The van der Waals surface area contributed by atoms with Gasteiger partial charge < -0.3 is 9.80 Å². The molecule has 0 spiro atoms. The van der Waals surface area contributed by atoms with Crippen molar-refractivity contribution < 1.29 is 0 Å². The Morgan fingerprint density at radius 3 is 1.22 bits per heavy atom. The predicted octanol–water partition coefficient (Wildman–Crippen LogP) is 15.1. The maximum Gasteiger partial charge on any atom is 0.0540 e. The highest BCUT2D eigenvalue weighted by Gasteiger charge is 2.41. The lowest BCUT2D eigenvalue weighted by molar-refractivity contribution is 0.490. The van der Waals surface area contributed by atoms with Crippen LogP contribution in [0.2, 0.25) is 0 Å². The van der Waals surface area contributed by atoms with E-state index in [2.05, 4.69) is 207 Å². The number of anilines is 6. The van der Waals surface area contributed by atoms with Crippen LogP contribution in [0.25, 0.3) is 32.7 Å². The average molecular weight is 713 g/mol. The summed E-state index contributed by atoms with van der Waals surface area (Å²) in [5, 5.41) is 4.99. The standard InChI is InChI=1S/C53H48N2/c1-5-37-17-13-23-41(33-37)54(51-27-15-21-39-19-9-11-25-45(39)51)43-29-31-47-48-32-30-44(36-50(48)53(7-3,8-4)49(47)35-43)55(42-24-14-18-38(6-2)34-42)52-28-16-22-40-20-10-12-26-46(40)52/h9-36H,5-8H2,1-4H3. The maximum atomic E-state index is 2.51. The first-order valence-electron chi connectivity index (χ1n) is 20.1. The molecule has 0 atom stereocenters. The average Bonchev–Trinajstić information content (AvgIpc) is 3.52. The molecular weight excluding hydrogens is 665 g/mol. The van der Waals surface area contributed by atoms with Crippen LogP contribution in [0.15, 0.2) is 170 Å². The van der Waals surface area contributed by atoms with Crippen LogP contribution in [-0.2, 0) is 18.3 Å². The van der Waals surface area contributed by atoms with E-state index in [1.54, 1.807) is 0 Å². The van der Waals surface area contributed by atoms with E-state index in [4.69, 9.17) is 0 Å². The molecule has 1 aliphatic rings. The van der Waals surface area contributed by atoms with Crippen molar-refractivity contribution in [1.82, 2.24) is 0 Å². The van der Waals surface area contributed by atoms with E-state index in [1.165, 1.54) is 89.0 Å². The SMILES string of the molecule is CCc1cccc(N(c2ccc3c(c2)C(CC)(CC)c2cc(N(c4cccc(CC)c4)c4cccc5ccccc45)ccc2-3)c2cccc3ccccc23)c1. The van der Waals surface area contributed by atoms with Gasteiger partial charge in [0, 0.05) is 38.9 Å². The van der Waals surface area contributed by atoms with Gasteiger partial charge in [0.1, 0.15) is 0 Å². The number of benzene rings is 8. The second-order valence-corrected chi connectivity index (χ2v) is 15.0. The molecule has 270 valence electrons. The number of rotatable bonds is 10. The zero-order chi connectivity index (χ0) is 37.5. The molecule has 0 amide bonds. The minimum atomic E-state index is -0.137. The van der Waals surface area contributed by atoms with Crippen LogP contribution < -0.4 is 9.80 Å². The topological polar surface area (TPSA) is 6.48 Å². The Labute approximate surface area is 326 Å². The van der Waals surface area contributed by atoms with Crippen LogP contribution in [0.3, 0.4) is 0 Å². The van der Waals surface area contributed by atoms with Crippen LogP contribution in [0.1, 0.15) is 62.8 Å². The Balaban J connectivity index is 1.23. The van der Waals surface area contributed by atoms with Gasteiger partial charge in [0.05, 0.1) is 11.4 Å². The Bertz CT molecular complexity index is 2490. The molecule has 0 radical (unpaired) electrons. The summed E-state index contributed by atoms with van der Waals surface area (Å²) in [5.41, 5.74) is 15.2. The van der Waals surface area contributed by atoms with Gasteiger partial charge in [0.2, 0.25) is 0 Å². The third-order valence-electron chi connectivity index (χ3n) is 12.2. The molecule has 9 rings (SSSR count). The first-order chi connectivity index (χ1) is 27.1. The van der Waals surface area contributed by atoms with Crippen molar-refractivity contribution in [2.75, 3.05) is 9.80 Å². The van der Waals surface area contributed by atoms with Gasteiger partial charge in [-0.15, -0.1) is 0 Å². The van der Waals surface area contributed by atoms with E-state index >= 15 is 0 Å². The second-order valence-electron chi connectivity index (χ2n) is 15.0. The van der Waals surface area contributed by atoms with Crippen molar-refractivity contribution >= 4 is 55.7 Å². The number of hydrogen-bond acceptors (Lipinski definition) is 2. The van der Waals surface area contributed by atoms with Crippen molar-refractivity contribution in [3.63, 3.8) is 0 Å². The molecule has 1 aliphatic carbocycles. The van der Waals surface area contributed by atoms with Gasteiger partial charge >= 0.3 is 0 Å². The summed E-state index contributed by atoms with van der Waals surface area (Å²) in [4.78, 5) is 4.96. The van der Waals surface area contributed by atoms with E-state index in [0.717, 1.165) is 25.7 Å². The van der Waals surface area contributed by atoms with E-state index in [1.807, 2.05) is 0 Å². The highest BCUT2D eigenvalue weighted by molar-refractivity contribution is 6.01. The highest BCUT2D eigenvalue weighted by atomic mass is 15.1. The Hall–Kier alpha value is -6.12. The van der Waals surface area contributed by atoms with Crippen molar-refractivity contribution in [2.24, 2.45) is 0 Å². The minimum absolute atomic E-state index is 0.137. The lowest BCUT2D eigenvalue weighted by Crippen LogP contribution is -2.24. The lowest BCUT2D eigenvalue weighted by Gasteiger charge is -2.33. The normalized spacial score (nSPS) is 12.8. The quantitative estimate of drug-likeness (QED) is 0.139. The minimum Gasteiger partial charge on any atom is -0.310 e. The van der Waals surface area contributed by atoms with Gasteiger partial charge in [-0.25, -0.2) is 0 Å². The van der Waals surface area contributed by atoms with Crippen LogP contribution in [-0.4, -0.2) is 0 Å². The second kappa shape index (κ2) is 14.3. The first kappa shape index (κ1) is 34.6. The molecule has 0 heterocycles. The van der Waals surface area contributed by atoms with E-state index in [0.29, 0.717) is 0 Å². The van der Waals surface area contributed by atoms with E-state index in [-0.39, 0.29) is 5.41 Å². The summed E-state index contributed by atoms with van der Waals surface area (Å²) in [5.74, 6) is 0. The van der Waals surface area contributed by atoms with Crippen molar-refractivity contribution in [3.05, 3.63) is 192 Å². The third-order valence-corrected chi connectivity index (χ3v) is 12.2. The lowest BCUT2D eigenvalue weighted by atomic mass is 9.73.